The van der Waals surface area contributed by atoms with Crippen molar-refractivity contribution in [2.75, 3.05) is 6.61 Å². The smallest absolute Gasteiger partial charge is 0.378 e. The SMILES string of the molecule is CCOC(=O)c1n[nH]c([C@H](OC(=O)c2cc(C(C)C)nn2C)c2ccccc2)n1. The van der Waals surface area contributed by atoms with Crippen molar-refractivity contribution in [3.05, 3.63) is 65.0 Å². The van der Waals surface area contributed by atoms with E-state index in [0.29, 0.717) is 11.3 Å². The number of esters is 2. The summed E-state index contributed by atoms with van der Waals surface area (Å²) < 4.78 is 12.2. The Hall–Kier alpha value is -3.49. The van der Waals surface area contributed by atoms with Gasteiger partial charge in [-0.1, -0.05) is 44.2 Å². The third-order valence-corrected chi connectivity index (χ3v) is 4.24. The highest BCUT2D eigenvalue weighted by Crippen LogP contribution is 2.25. The number of ether oxygens (including phenoxy) is 2. The van der Waals surface area contributed by atoms with Gasteiger partial charge in [0.15, 0.2) is 11.9 Å². The van der Waals surface area contributed by atoms with Gasteiger partial charge in [0.05, 0.1) is 12.3 Å². The van der Waals surface area contributed by atoms with Crippen LogP contribution in [0.25, 0.3) is 0 Å². The molecule has 1 atom stereocenters. The highest BCUT2D eigenvalue weighted by Gasteiger charge is 2.27. The van der Waals surface area contributed by atoms with Crippen molar-refractivity contribution in [3.8, 4) is 0 Å². The Morgan fingerprint density at radius 2 is 1.90 bits per heavy atom. The molecule has 2 heterocycles. The minimum absolute atomic E-state index is 0.124. The van der Waals surface area contributed by atoms with E-state index in [1.54, 1.807) is 32.2 Å². The first-order valence-electron chi connectivity index (χ1n) is 9.30. The van der Waals surface area contributed by atoms with E-state index in [-0.39, 0.29) is 24.2 Å². The molecule has 1 aromatic carbocycles. The van der Waals surface area contributed by atoms with Gasteiger partial charge in [-0.25, -0.2) is 14.6 Å². The van der Waals surface area contributed by atoms with E-state index < -0.39 is 18.0 Å². The first-order chi connectivity index (χ1) is 13.9. The maximum absolute atomic E-state index is 12.9. The molecule has 2 aromatic heterocycles. The zero-order valence-corrected chi connectivity index (χ0v) is 16.7. The van der Waals surface area contributed by atoms with Crippen molar-refractivity contribution < 1.29 is 19.1 Å². The van der Waals surface area contributed by atoms with Crippen molar-refractivity contribution in [2.24, 2.45) is 7.05 Å². The molecule has 0 unspecified atom stereocenters. The molecule has 0 radical (unpaired) electrons. The molecule has 29 heavy (non-hydrogen) atoms. The topological polar surface area (TPSA) is 112 Å². The van der Waals surface area contributed by atoms with Crippen molar-refractivity contribution in [3.63, 3.8) is 0 Å². The molecule has 0 aliphatic carbocycles. The van der Waals surface area contributed by atoms with Gasteiger partial charge in [-0.2, -0.15) is 5.10 Å². The first-order valence-corrected chi connectivity index (χ1v) is 9.30. The van der Waals surface area contributed by atoms with E-state index in [4.69, 9.17) is 9.47 Å². The third-order valence-electron chi connectivity index (χ3n) is 4.24. The number of carbonyl (C=O) groups is 2. The fraction of sp³-hybridized carbons (Fsp3) is 0.350. The lowest BCUT2D eigenvalue weighted by Crippen LogP contribution is -2.17. The summed E-state index contributed by atoms with van der Waals surface area (Å²) in [6, 6.07) is 10.8. The molecule has 0 bridgehead atoms. The number of hydrogen-bond donors (Lipinski definition) is 1. The van der Waals surface area contributed by atoms with Crippen molar-refractivity contribution in [1.82, 2.24) is 25.0 Å². The predicted octanol–water partition coefficient (Wildman–Crippen LogP) is 2.78. The molecule has 3 aromatic rings. The molecule has 1 N–H and O–H groups in total. The van der Waals surface area contributed by atoms with Gasteiger partial charge in [-0.05, 0) is 18.9 Å². The summed E-state index contributed by atoms with van der Waals surface area (Å²) >= 11 is 0. The van der Waals surface area contributed by atoms with Crippen LogP contribution in [0.15, 0.2) is 36.4 Å². The number of carbonyl (C=O) groups excluding carboxylic acids is 2. The zero-order chi connectivity index (χ0) is 21.0. The number of H-pyrrole nitrogens is 1. The van der Waals surface area contributed by atoms with Gasteiger partial charge in [0.1, 0.15) is 5.69 Å². The Labute approximate surface area is 168 Å². The van der Waals surface area contributed by atoms with Gasteiger partial charge < -0.3 is 9.47 Å². The molecule has 0 saturated heterocycles. The largest absolute Gasteiger partial charge is 0.460 e. The number of aromatic nitrogens is 5. The minimum atomic E-state index is -0.878. The summed E-state index contributed by atoms with van der Waals surface area (Å²) in [7, 11) is 1.69. The average Bonchev–Trinajstić information content (AvgIpc) is 3.34. The number of nitrogens with zero attached hydrogens (tertiary/aromatic N) is 4. The second kappa shape index (κ2) is 8.68. The Morgan fingerprint density at radius 1 is 1.17 bits per heavy atom. The molecule has 0 aliphatic rings. The Balaban J connectivity index is 1.91. The Morgan fingerprint density at radius 3 is 2.52 bits per heavy atom. The molecule has 0 aliphatic heterocycles. The van der Waals surface area contributed by atoms with Crippen molar-refractivity contribution in [2.45, 2.75) is 32.8 Å². The van der Waals surface area contributed by atoms with E-state index in [9.17, 15) is 9.59 Å². The molecule has 0 fully saturated rings. The number of aromatic amines is 1. The predicted molar refractivity (Wildman–Crippen MR) is 103 cm³/mol. The lowest BCUT2D eigenvalue weighted by atomic mass is 10.1. The van der Waals surface area contributed by atoms with Gasteiger partial charge in [0, 0.05) is 12.6 Å². The lowest BCUT2D eigenvalue weighted by Gasteiger charge is -2.15. The standard InChI is InChI=1S/C20H23N5O4/c1-5-28-20(27)18-21-17(22-23-18)16(13-9-7-6-8-10-13)29-19(26)15-11-14(12(2)3)24-25(15)4/h6-12,16H,5H2,1-4H3,(H,21,22,23)/t16-/m1/s1. The molecule has 9 nitrogen and oxygen atoms in total. The van der Waals surface area contributed by atoms with Crippen LogP contribution < -0.4 is 0 Å². The van der Waals surface area contributed by atoms with Crippen LogP contribution in [-0.4, -0.2) is 43.5 Å². The molecule has 0 saturated carbocycles. The van der Waals surface area contributed by atoms with Gasteiger partial charge in [-0.3, -0.25) is 9.78 Å². The molecule has 0 spiro atoms. The highest BCUT2D eigenvalue weighted by atomic mass is 16.5. The van der Waals surface area contributed by atoms with E-state index in [1.165, 1.54) is 4.68 Å². The summed E-state index contributed by atoms with van der Waals surface area (Å²) in [5.41, 5.74) is 1.79. The lowest BCUT2D eigenvalue weighted by molar-refractivity contribution is 0.0350. The Bertz CT molecular complexity index is 993. The second-order valence-corrected chi connectivity index (χ2v) is 6.69. The molecular weight excluding hydrogens is 374 g/mol. The molecular formula is C20H23N5O4. The molecule has 0 amide bonds. The van der Waals surface area contributed by atoms with Crippen LogP contribution in [-0.2, 0) is 16.5 Å². The van der Waals surface area contributed by atoms with Gasteiger partial charge >= 0.3 is 11.9 Å². The van der Waals surface area contributed by atoms with Crippen LogP contribution in [0.5, 0.6) is 0 Å². The highest BCUT2D eigenvalue weighted by molar-refractivity contribution is 5.88. The van der Waals surface area contributed by atoms with E-state index in [1.807, 2.05) is 32.0 Å². The Kier molecular flexibility index (Phi) is 6.06. The van der Waals surface area contributed by atoms with Crippen molar-refractivity contribution >= 4 is 11.9 Å². The molecule has 152 valence electrons. The summed E-state index contributed by atoms with van der Waals surface area (Å²) in [5.74, 6) is -0.939. The quantitative estimate of drug-likeness (QED) is 0.610. The molecule has 3 rings (SSSR count). The maximum Gasteiger partial charge on any atom is 0.378 e. The van der Waals surface area contributed by atoms with Crippen LogP contribution in [0, 0.1) is 0 Å². The fourth-order valence-electron chi connectivity index (χ4n) is 2.72. The maximum atomic E-state index is 12.9. The monoisotopic (exact) mass is 397 g/mol. The van der Waals surface area contributed by atoms with E-state index in [0.717, 1.165) is 5.69 Å². The summed E-state index contributed by atoms with van der Waals surface area (Å²) in [6.07, 6.45) is -0.878. The minimum Gasteiger partial charge on any atom is -0.460 e. The number of benzene rings is 1. The zero-order valence-electron chi connectivity index (χ0n) is 16.7. The molecule has 9 heteroatoms. The van der Waals surface area contributed by atoms with Crippen LogP contribution in [0.4, 0.5) is 0 Å². The van der Waals surface area contributed by atoms with Crippen LogP contribution in [0.1, 0.15) is 71.0 Å². The second-order valence-electron chi connectivity index (χ2n) is 6.69. The van der Waals surface area contributed by atoms with Gasteiger partial charge in [0.25, 0.3) is 5.82 Å². The first kappa shape index (κ1) is 20.2. The normalized spacial score (nSPS) is 12.0. The van der Waals surface area contributed by atoms with Crippen LogP contribution in [0.3, 0.4) is 0 Å². The van der Waals surface area contributed by atoms with Crippen LogP contribution in [0.2, 0.25) is 0 Å². The number of rotatable bonds is 7. The number of aryl methyl sites for hydroxylation is 1. The van der Waals surface area contributed by atoms with Gasteiger partial charge in [-0.15, -0.1) is 5.10 Å². The fourth-order valence-corrected chi connectivity index (χ4v) is 2.72. The summed E-state index contributed by atoms with van der Waals surface area (Å²) in [5, 5.41) is 10.9. The number of nitrogens with one attached hydrogen (secondary N) is 1. The van der Waals surface area contributed by atoms with E-state index >= 15 is 0 Å². The van der Waals surface area contributed by atoms with Gasteiger partial charge in [0.2, 0.25) is 0 Å². The summed E-state index contributed by atoms with van der Waals surface area (Å²) in [4.78, 5) is 28.9. The van der Waals surface area contributed by atoms with Crippen molar-refractivity contribution in [1.29, 1.82) is 0 Å². The summed E-state index contributed by atoms with van der Waals surface area (Å²) in [6.45, 7) is 5.89. The van der Waals surface area contributed by atoms with E-state index in [2.05, 4.69) is 20.3 Å². The van der Waals surface area contributed by atoms with Crippen LogP contribution >= 0.6 is 0 Å². The number of hydrogen-bond acceptors (Lipinski definition) is 7. The average molecular weight is 397 g/mol. The third kappa shape index (κ3) is 4.50.